The molecule has 1 heterocycles. The fourth-order valence-corrected chi connectivity index (χ4v) is 9.41. The van der Waals surface area contributed by atoms with Gasteiger partial charge in [0.2, 0.25) is 11.7 Å². The maximum Gasteiger partial charge on any atom is 0.228 e. The first-order valence-corrected chi connectivity index (χ1v) is 15.0. The number of rotatable bonds is 4. The first kappa shape index (κ1) is 27.5. The molecule has 0 aromatic carbocycles. The zero-order valence-electron chi connectivity index (χ0n) is 25.1. The van der Waals surface area contributed by atoms with E-state index < -0.39 is 0 Å². The summed E-state index contributed by atoms with van der Waals surface area (Å²) in [5.74, 6) is 0.373. The molecule has 38 heavy (non-hydrogen) atoms. The summed E-state index contributed by atoms with van der Waals surface area (Å²) in [5.41, 5.74) is 3.84. The standard InChI is InChI=1S/C34H49NO3/c1-9-31(5)14-16-33(7)26-13-12-23-22(2)28(37)25(36)20-24(23)32(26,6)15-17-34(33,8)27(31)21-30(3,4)29(38)35-18-10-11-19-35/h12-13,20,27,37H,9-11,14-19,21H2,1-8H3/t27-,31-,32+,33-,34+/m1/s1. The predicted octanol–water partition coefficient (Wildman–Crippen LogP) is 7.87. The Morgan fingerprint density at radius 3 is 2.34 bits per heavy atom. The van der Waals surface area contributed by atoms with Crippen molar-refractivity contribution < 1.29 is 14.7 Å². The molecular formula is C34H49NO3. The summed E-state index contributed by atoms with van der Waals surface area (Å²) >= 11 is 0. The van der Waals surface area contributed by atoms with Crippen LogP contribution in [0, 0.1) is 33.0 Å². The monoisotopic (exact) mass is 519 g/mol. The van der Waals surface area contributed by atoms with Crippen LogP contribution in [-0.4, -0.2) is 34.8 Å². The Kier molecular flexibility index (Phi) is 6.29. The van der Waals surface area contributed by atoms with Gasteiger partial charge in [-0.3, -0.25) is 9.59 Å². The molecule has 1 aliphatic heterocycles. The smallest absolute Gasteiger partial charge is 0.228 e. The van der Waals surface area contributed by atoms with Crippen molar-refractivity contribution in [2.45, 2.75) is 107 Å². The molecule has 0 spiro atoms. The highest BCUT2D eigenvalue weighted by Crippen LogP contribution is 2.74. The van der Waals surface area contributed by atoms with Gasteiger partial charge >= 0.3 is 0 Å². The third-order valence-corrected chi connectivity index (χ3v) is 12.5. The minimum absolute atomic E-state index is 0.0326. The molecule has 5 atom stereocenters. The van der Waals surface area contributed by atoms with Gasteiger partial charge in [0.15, 0.2) is 5.76 Å². The highest BCUT2D eigenvalue weighted by Gasteiger charge is 2.65. The van der Waals surface area contributed by atoms with Crippen LogP contribution in [0.4, 0.5) is 0 Å². The van der Waals surface area contributed by atoms with Crippen molar-refractivity contribution in [2.24, 2.45) is 33.0 Å². The SMILES string of the molecule is CC[C@]1(C)CC[C@]2(C)C3=CC=C4C(=CC(=O)C(O)=C4C)[C@]3(C)CC[C@@]2(C)[C@@H]1CC(C)(C)C(=O)N1CCCC1. The number of aliphatic hydroxyl groups is 1. The lowest BCUT2D eigenvalue weighted by Gasteiger charge is -2.68. The van der Waals surface area contributed by atoms with Gasteiger partial charge in [0.1, 0.15) is 0 Å². The van der Waals surface area contributed by atoms with E-state index in [2.05, 4.69) is 65.5 Å². The Morgan fingerprint density at radius 2 is 1.71 bits per heavy atom. The quantitative estimate of drug-likeness (QED) is 0.411. The molecule has 4 heteroatoms. The molecule has 208 valence electrons. The molecule has 5 rings (SSSR count). The highest BCUT2D eigenvalue weighted by atomic mass is 16.3. The molecule has 1 N–H and O–H groups in total. The molecule has 3 fully saturated rings. The first-order chi connectivity index (χ1) is 17.6. The van der Waals surface area contributed by atoms with Gasteiger partial charge in [0.05, 0.1) is 0 Å². The van der Waals surface area contributed by atoms with E-state index in [0.29, 0.717) is 17.4 Å². The number of aliphatic hydroxyl groups excluding tert-OH is 1. The maximum absolute atomic E-state index is 13.8. The van der Waals surface area contributed by atoms with Gasteiger partial charge < -0.3 is 10.0 Å². The average molecular weight is 520 g/mol. The summed E-state index contributed by atoms with van der Waals surface area (Å²) in [6.07, 6.45) is 14.8. The van der Waals surface area contributed by atoms with E-state index in [1.54, 1.807) is 6.08 Å². The topological polar surface area (TPSA) is 57.6 Å². The highest BCUT2D eigenvalue weighted by molar-refractivity contribution is 6.06. The minimum atomic E-state index is -0.390. The third-order valence-electron chi connectivity index (χ3n) is 12.5. The predicted molar refractivity (Wildman–Crippen MR) is 153 cm³/mol. The van der Waals surface area contributed by atoms with Gasteiger partial charge in [0, 0.05) is 29.5 Å². The molecule has 0 radical (unpaired) electrons. The van der Waals surface area contributed by atoms with Crippen LogP contribution in [0.5, 0.6) is 0 Å². The lowest BCUT2D eigenvalue weighted by Crippen LogP contribution is -2.60. The third kappa shape index (κ3) is 3.60. The van der Waals surface area contributed by atoms with Crippen LogP contribution in [-0.2, 0) is 9.59 Å². The Morgan fingerprint density at radius 1 is 1.05 bits per heavy atom. The normalized spacial score (nSPS) is 39.2. The lowest BCUT2D eigenvalue weighted by molar-refractivity contribution is -0.155. The number of carbonyl (C=O) groups excluding carboxylic acids is 2. The zero-order valence-corrected chi connectivity index (χ0v) is 25.1. The minimum Gasteiger partial charge on any atom is -0.504 e. The van der Waals surface area contributed by atoms with Gasteiger partial charge in [-0.1, -0.05) is 72.6 Å². The van der Waals surface area contributed by atoms with E-state index in [1.807, 2.05) is 6.92 Å². The Bertz CT molecular complexity index is 1190. The average Bonchev–Trinajstić information content (AvgIpc) is 3.41. The second-order valence-electron chi connectivity index (χ2n) is 14.8. The molecule has 5 aliphatic rings. The van der Waals surface area contributed by atoms with Crippen LogP contribution in [0.15, 0.2) is 46.3 Å². The number of carbonyl (C=O) groups is 2. The zero-order chi connectivity index (χ0) is 27.9. The van der Waals surface area contributed by atoms with Crippen molar-refractivity contribution in [2.75, 3.05) is 13.1 Å². The molecule has 0 unspecified atom stereocenters. The Balaban J connectivity index is 1.59. The van der Waals surface area contributed by atoms with Crippen LogP contribution in [0.3, 0.4) is 0 Å². The molecule has 2 saturated carbocycles. The van der Waals surface area contributed by atoms with E-state index in [0.717, 1.165) is 75.6 Å². The van der Waals surface area contributed by atoms with Crippen molar-refractivity contribution in [1.29, 1.82) is 0 Å². The number of likely N-dealkylation sites (tertiary alicyclic amines) is 1. The first-order valence-electron chi connectivity index (χ1n) is 15.0. The maximum atomic E-state index is 13.8. The van der Waals surface area contributed by atoms with Crippen LogP contribution >= 0.6 is 0 Å². The Hall–Kier alpha value is -2.10. The summed E-state index contributed by atoms with van der Waals surface area (Å²) in [7, 11) is 0. The fourth-order valence-electron chi connectivity index (χ4n) is 9.41. The van der Waals surface area contributed by atoms with Crippen LogP contribution in [0.2, 0.25) is 0 Å². The number of nitrogens with zero attached hydrogens (tertiary/aromatic N) is 1. The molecule has 4 aliphatic carbocycles. The second-order valence-corrected chi connectivity index (χ2v) is 14.8. The molecular weight excluding hydrogens is 470 g/mol. The van der Waals surface area contributed by atoms with Crippen molar-refractivity contribution in [3.05, 3.63) is 46.3 Å². The molecule has 4 nitrogen and oxygen atoms in total. The van der Waals surface area contributed by atoms with E-state index in [4.69, 9.17) is 0 Å². The number of hydrogen-bond acceptors (Lipinski definition) is 3. The molecule has 1 amide bonds. The largest absolute Gasteiger partial charge is 0.504 e. The van der Waals surface area contributed by atoms with Gasteiger partial charge in [-0.25, -0.2) is 0 Å². The number of amides is 1. The van der Waals surface area contributed by atoms with Crippen molar-refractivity contribution in [1.82, 2.24) is 4.90 Å². The number of fused-ring (bicyclic) bond motifs is 5. The summed E-state index contributed by atoms with van der Waals surface area (Å²) in [6, 6.07) is 0. The lowest BCUT2D eigenvalue weighted by atomic mass is 9.36. The van der Waals surface area contributed by atoms with Crippen molar-refractivity contribution >= 4 is 11.7 Å². The summed E-state index contributed by atoms with van der Waals surface area (Å²) in [5, 5.41) is 10.4. The van der Waals surface area contributed by atoms with E-state index in [9.17, 15) is 14.7 Å². The van der Waals surface area contributed by atoms with Crippen LogP contribution < -0.4 is 0 Å². The van der Waals surface area contributed by atoms with Gasteiger partial charge in [-0.2, -0.15) is 0 Å². The molecule has 0 aromatic heterocycles. The Labute approximate surface area is 230 Å². The fraction of sp³-hybridized carbons (Fsp3) is 0.706. The molecule has 0 aromatic rings. The number of hydrogen-bond donors (Lipinski definition) is 1. The van der Waals surface area contributed by atoms with E-state index in [1.165, 1.54) is 5.57 Å². The second kappa shape index (κ2) is 8.70. The van der Waals surface area contributed by atoms with Crippen molar-refractivity contribution in [3.63, 3.8) is 0 Å². The number of allylic oxidation sites excluding steroid dienone is 7. The summed E-state index contributed by atoms with van der Waals surface area (Å²) < 4.78 is 0. The number of ketones is 1. The van der Waals surface area contributed by atoms with Gasteiger partial charge in [-0.05, 0) is 91.3 Å². The van der Waals surface area contributed by atoms with Gasteiger partial charge in [0.25, 0.3) is 0 Å². The summed E-state index contributed by atoms with van der Waals surface area (Å²) in [6.45, 7) is 20.2. The van der Waals surface area contributed by atoms with Crippen molar-refractivity contribution in [3.8, 4) is 0 Å². The molecule has 0 bridgehead atoms. The molecule has 1 saturated heterocycles. The van der Waals surface area contributed by atoms with Crippen LogP contribution in [0.1, 0.15) is 107 Å². The van der Waals surface area contributed by atoms with E-state index in [-0.39, 0.29) is 38.6 Å². The van der Waals surface area contributed by atoms with Crippen LogP contribution in [0.25, 0.3) is 0 Å². The summed E-state index contributed by atoms with van der Waals surface area (Å²) in [4.78, 5) is 28.6. The van der Waals surface area contributed by atoms with Gasteiger partial charge in [-0.15, -0.1) is 0 Å². The van der Waals surface area contributed by atoms with E-state index >= 15 is 0 Å².